The molecular weight excluding hydrogens is 300 g/mol. The molecule has 98 valence electrons. The molecule has 2 rings (SSSR count). The average molecular weight is 315 g/mol. The zero-order valence-corrected chi connectivity index (χ0v) is 11.9. The summed E-state index contributed by atoms with van der Waals surface area (Å²) in [6, 6.07) is 3.28. The van der Waals surface area contributed by atoms with Crippen LogP contribution < -0.4 is 5.32 Å². The molecule has 1 fully saturated rings. The standard InChI is InChI=1S/C12H15BrN2O3/c1-7(2)15-6-8(5-11(15)16)14-12(17)9-3-4-10(13)18-9/h3-4,7-8H,5-6H2,1-2H3,(H,14,17). The van der Waals surface area contributed by atoms with Gasteiger partial charge in [0, 0.05) is 19.0 Å². The molecule has 1 aromatic rings. The van der Waals surface area contributed by atoms with Crippen LogP contribution in [0.3, 0.4) is 0 Å². The van der Waals surface area contributed by atoms with E-state index in [-0.39, 0.29) is 29.7 Å². The van der Waals surface area contributed by atoms with E-state index in [4.69, 9.17) is 4.42 Å². The van der Waals surface area contributed by atoms with Gasteiger partial charge in [-0.1, -0.05) is 0 Å². The molecule has 1 aromatic heterocycles. The van der Waals surface area contributed by atoms with Crippen molar-refractivity contribution in [2.75, 3.05) is 6.54 Å². The maximum atomic E-state index is 11.8. The number of amides is 2. The largest absolute Gasteiger partial charge is 0.444 e. The van der Waals surface area contributed by atoms with E-state index in [0.717, 1.165) is 0 Å². The Morgan fingerprint density at radius 1 is 1.56 bits per heavy atom. The van der Waals surface area contributed by atoms with Crippen LogP contribution >= 0.6 is 15.9 Å². The van der Waals surface area contributed by atoms with Gasteiger partial charge in [-0.15, -0.1) is 0 Å². The van der Waals surface area contributed by atoms with Crippen molar-refractivity contribution in [2.45, 2.75) is 32.4 Å². The van der Waals surface area contributed by atoms with E-state index in [1.54, 1.807) is 17.0 Å². The molecule has 1 unspecified atom stereocenters. The Morgan fingerprint density at radius 2 is 2.28 bits per heavy atom. The van der Waals surface area contributed by atoms with Crippen molar-refractivity contribution >= 4 is 27.7 Å². The first-order valence-electron chi connectivity index (χ1n) is 5.83. The number of rotatable bonds is 3. The van der Waals surface area contributed by atoms with Gasteiger partial charge in [0.25, 0.3) is 5.91 Å². The van der Waals surface area contributed by atoms with Crippen molar-refractivity contribution < 1.29 is 14.0 Å². The fraction of sp³-hybridized carbons (Fsp3) is 0.500. The van der Waals surface area contributed by atoms with Crippen molar-refractivity contribution in [1.29, 1.82) is 0 Å². The summed E-state index contributed by atoms with van der Waals surface area (Å²) in [5.74, 6) is 0.0392. The minimum Gasteiger partial charge on any atom is -0.444 e. The van der Waals surface area contributed by atoms with Gasteiger partial charge in [0.1, 0.15) is 0 Å². The monoisotopic (exact) mass is 314 g/mol. The fourth-order valence-electron chi connectivity index (χ4n) is 2.02. The molecule has 2 amide bonds. The highest BCUT2D eigenvalue weighted by atomic mass is 79.9. The lowest BCUT2D eigenvalue weighted by molar-refractivity contribution is -0.129. The number of nitrogens with zero attached hydrogens (tertiary/aromatic N) is 1. The van der Waals surface area contributed by atoms with E-state index in [9.17, 15) is 9.59 Å². The van der Waals surface area contributed by atoms with Crippen LogP contribution in [0, 0.1) is 0 Å². The normalized spacial score (nSPS) is 19.7. The van der Waals surface area contributed by atoms with Gasteiger partial charge < -0.3 is 14.6 Å². The van der Waals surface area contributed by atoms with Gasteiger partial charge in [-0.05, 0) is 41.9 Å². The maximum absolute atomic E-state index is 11.8. The first-order valence-corrected chi connectivity index (χ1v) is 6.62. The molecule has 2 heterocycles. The second-order valence-corrected chi connectivity index (χ2v) is 5.40. The number of halogens is 1. The summed E-state index contributed by atoms with van der Waals surface area (Å²) in [6.45, 7) is 4.49. The van der Waals surface area contributed by atoms with Gasteiger partial charge in [-0.3, -0.25) is 9.59 Å². The molecule has 1 aliphatic heterocycles. The molecule has 1 saturated heterocycles. The average Bonchev–Trinajstić information content (AvgIpc) is 2.85. The zero-order valence-electron chi connectivity index (χ0n) is 10.3. The van der Waals surface area contributed by atoms with Crippen LogP contribution in [0.1, 0.15) is 30.8 Å². The first kappa shape index (κ1) is 13.1. The molecule has 1 aliphatic rings. The Hall–Kier alpha value is -1.30. The van der Waals surface area contributed by atoms with Gasteiger partial charge in [0.15, 0.2) is 10.4 Å². The quantitative estimate of drug-likeness (QED) is 0.925. The minimum absolute atomic E-state index is 0.0796. The lowest BCUT2D eigenvalue weighted by Gasteiger charge is -2.20. The highest BCUT2D eigenvalue weighted by Gasteiger charge is 2.32. The molecule has 1 atom stereocenters. The van der Waals surface area contributed by atoms with Crippen LogP contribution in [-0.4, -0.2) is 35.3 Å². The Bertz CT molecular complexity index is 470. The number of nitrogens with one attached hydrogen (secondary N) is 1. The Balaban J connectivity index is 1.95. The van der Waals surface area contributed by atoms with Crippen molar-refractivity contribution in [3.8, 4) is 0 Å². The van der Waals surface area contributed by atoms with Crippen LogP contribution in [0.5, 0.6) is 0 Å². The van der Waals surface area contributed by atoms with Crippen LogP contribution in [-0.2, 0) is 4.79 Å². The molecule has 0 radical (unpaired) electrons. The predicted molar refractivity (Wildman–Crippen MR) is 69.1 cm³/mol. The topological polar surface area (TPSA) is 62.6 Å². The van der Waals surface area contributed by atoms with E-state index >= 15 is 0 Å². The van der Waals surface area contributed by atoms with Gasteiger partial charge >= 0.3 is 0 Å². The van der Waals surface area contributed by atoms with Gasteiger partial charge in [-0.25, -0.2) is 0 Å². The number of likely N-dealkylation sites (tertiary alicyclic amines) is 1. The van der Waals surface area contributed by atoms with Crippen LogP contribution in [0.25, 0.3) is 0 Å². The Kier molecular flexibility index (Phi) is 3.75. The molecule has 0 spiro atoms. The van der Waals surface area contributed by atoms with Crippen LogP contribution in [0.4, 0.5) is 0 Å². The lowest BCUT2D eigenvalue weighted by Crippen LogP contribution is -2.38. The van der Waals surface area contributed by atoms with Gasteiger partial charge in [0.05, 0.1) is 6.04 Å². The fourth-order valence-corrected chi connectivity index (χ4v) is 2.33. The zero-order chi connectivity index (χ0) is 13.3. The van der Waals surface area contributed by atoms with Crippen molar-refractivity contribution in [3.63, 3.8) is 0 Å². The third-order valence-electron chi connectivity index (χ3n) is 2.91. The molecule has 6 heteroatoms. The van der Waals surface area contributed by atoms with Crippen LogP contribution in [0.2, 0.25) is 0 Å². The minimum atomic E-state index is -0.288. The van der Waals surface area contributed by atoms with E-state index < -0.39 is 0 Å². The molecule has 18 heavy (non-hydrogen) atoms. The second kappa shape index (κ2) is 5.14. The summed E-state index contributed by atoms with van der Waals surface area (Å²) < 4.78 is 5.68. The van der Waals surface area contributed by atoms with Crippen molar-refractivity contribution in [1.82, 2.24) is 10.2 Å². The van der Waals surface area contributed by atoms with Crippen LogP contribution in [0.15, 0.2) is 21.2 Å². The molecule has 5 nitrogen and oxygen atoms in total. The third-order valence-corrected chi connectivity index (χ3v) is 3.34. The highest BCUT2D eigenvalue weighted by Crippen LogP contribution is 2.17. The Labute approximate surface area is 114 Å². The van der Waals surface area contributed by atoms with E-state index in [2.05, 4.69) is 21.2 Å². The highest BCUT2D eigenvalue weighted by molar-refractivity contribution is 9.10. The number of hydrogen-bond acceptors (Lipinski definition) is 3. The number of carbonyl (C=O) groups excluding carboxylic acids is 2. The molecular formula is C12H15BrN2O3. The molecule has 0 bridgehead atoms. The molecule has 0 aromatic carbocycles. The van der Waals surface area contributed by atoms with Gasteiger partial charge in [0.2, 0.25) is 5.91 Å². The molecule has 1 N–H and O–H groups in total. The van der Waals surface area contributed by atoms with Crippen molar-refractivity contribution in [3.05, 3.63) is 22.6 Å². The van der Waals surface area contributed by atoms with Crippen molar-refractivity contribution in [2.24, 2.45) is 0 Å². The first-order chi connectivity index (χ1) is 8.47. The van der Waals surface area contributed by atoms with Gasteiger partial charge in [-0.2, -0.15) is 0 Å². The van der Waals surface area contributed by atoms with E-state index in [0.29, 0.717) is 17.6 Å². The van der Waals surface area contributed by atoms with E-state index in [1.807, 2.05) is 13.8 Å². The lowest BCUT2D eigenvalue weighted by atomic mass is 10.2. The molecule has 0 saturated carbocycles. The predicted octanol–water partition coefficient (Wildman–Crippen LogP) is 1.78. The summed E-state index contributed by atoms with van der Waals surface area (Å²) in [5, 5.41) is 2.81. The number of hydrogen-bond donors (Lipinski definition) is 1. The summed E-state index contributed by atoms with van der Waals surface area (Å²) in [7, 11) is 0. The molecule has 0 aliphatic carbocycles. The smallest absolute Gasteiger partial charge is 0.287 e. The maximum Gasteiger partial charge on any atom is 0.287 e. The number of furan rings is 1. The van der Waals surface area contributed by atoms with E-state index in [1.165, 1.54) is 0 Å². The summed E-state index contributed by atoms with van der Waals surface area (Å²) >= 11 is 3.14. The second-order valence-electron chi connectivity index (χ2n) is 4.62. The third kappa shape index (κ3) is 2.75. The number of carbonyl (C=O) groups is 2. The Morgan fingerprint density at radius 3 is 2.78 bits per heavy atom. The summed E-state index contributed by atoms with van der Waals surface area (Å²) in [6.07, 6.45) is 0.353. The SMILES string of the molecule is CC(C)N1CC(NC(=O)c2ccc(Br)o2)CC1=O. The summed E-state index contributed by atoms with van der Waals surface area (Å²) in [5.41, 5.74) is 0. The summed E-state index contributed by atoms with van der Waals surface area (Å²) in [4.78, 5) is 25.3.